The molecule has 6 unspecified atom stereocenters. The second-order valence-electron chi connectivity index (χ2n) is 11.1. The molecule has 4 aliphatic carbocycles. The molecular formula is C25H32N4O5. The number of benzene rings is 1. The predicted octanol–water partition coefficient (Wildman–Crippen LogP) is 5.59. The van der Waals surface area contributed by atoms with Crippen molar-refractivity contribution < 1.29 is 15.0 Å². The molecule has 0 amide bonds. The zero-order chi connectivity index (χ0) is 24.3. The van der Waals surface area contributed by atoms with Crippen LogP contribution in [0.15, 0.2) is 34.9 Å². The normalized spacial score (nSPS) is 37.9. The lowest BCUT2D eigenvalue weighted by molar-refractivity contribution is -0.393. The largest absolute Gasteiger partial charge is 0.393 e. The van der Waals surface area contributed by atoms with Crippen LogP contribution in [-0.2, 0) is 0 Å². The first-order valence-corrected chi connectivity index (χ1v) is 12.3. The number of hydrazone groups is 1. The Morgan fingerprint density at radius 3 is 2.56 bits per heavy atom. The van der Waals surface area contributed by atoms with Crippen LogP contribution >= 0.6 is 0 Å². The SMILES string of the molecule is CC12CCC(=NNc3ccc([N+](=O)[O-])cc3[N+](=O)[O-])C=C1CCC1C2CCC2(C)C(O)CCC12. The van der Waals surface area contributed by atoms with Gasteiger partial charge in [0, 0.05) is 6.07 Å². The van der Waals surface area contributed by atoms with Crippen LogP contribution in [0.5, 0.6) is 0 Å². The van der Waals surface area contributed by atoms with E-state index in [4.69, 9.17) is 0 Å². The lowest BCUT2D eigenvalue weighted by Crippen LogP contribution is -2.51. The van der Waals surface area contributed by atoms with Crippen LogP contribution in [0.3, 0.4) is 0 Å². The van der Waals surface area contributed by atoms with Crippen molar-refractivity contribution in [2.75, 3.05) is 5.43 Å². The topological polar surface area (TPSA) is 131 Å². The molecule has 2 N–H and O–H groups in total. The summed E-state index contributed by atoms with van der Waals surface area (Å²) in [6.07, 6.45) is 10.3. The Hall–Kier alpha value is -2.81. The summed E-state index contributed by atoms with van der Waals surface area (Å²) in [5.74, 6) is 1.90. The minimum absolute atomic E-state index is 0.0728. The summed E-state index contributed by atoms with van der Waals surface area (Å²) in [5.41, 5.74) is 4.72. The number of nitrogens with one attached hydrogen (secondary N) is 1. The number of aliphatic hydroxyl groups excluding tert-OH is 1. The average Bonchev–Trinajstić information content (AvgIpc) is 3.11. The second kappa shape index (κ2) is 8.15. The van der Waals surface area contributed by atoms with Crippen LogP contribution < -0.4 is 5.43 Å². The molecule has 34 heavy (non-hydrogen) atoms. The Morgan fingerprint density at radius 1 is 1.03 bits per heavy atom. The van der Waals surface area contributed by atoms with Gasteiger partial charge in [-0.3, -0.25) is 25.7 Å². The summed E-state index contributed by atoms with van der Waals surface area (Å²) in [7, 11) is 0. The molecule has 6 atom stereocenters. The highest BCUT2D eigenvalue weighted by Gasteiger charge is 2.58. The molecule has 4 aliphatic rings. The molecular weight excluding hydrogens is 436 g/mol. The fourth-order valence-electron chi connectivity index (χ4n) is 7.64. The third-order valence-corrected chi connectivity index (χ3v) is 9.64. The fraction of sp³-hybridized carbons (Fsp3) is 0.640. The van der Waals surface area contributed by atoms with E-state index < -0.39 is 9.85 Å². The highest BCUT2D eigenvalue weighted by molar-refractivity contribution is 5.97. The van der Waals surface area contributed by atoms with Gasteiger partial charge >= 0.3 is 5.69 Å². The third kappa shape index (κ3) is 3.52. The van der Waals surface area contributed by atoms with E-state index in [9.17, 15) is 25.3 Å². The predicted molar refractivity (Wildman–Crippen MR) is 129 cm³/mol. The van der Waals surface area contributed by atoms with Crippen LogP contribution in [0.1, 0.15) is 65.2 Å². The number of rotatable bonds is 4. The average molecular weight is 469 g/mol. The highest BCUT2D eigenvalue weighted by atomic mass is 16.6. The van der Waals surface area contributed by atoms with Gasteiger partial charge in [0.25, 0.3) is 5.69 Å². The first kappa shape index (κ1) is 23.0. The van der Waals surface area contributed by atoms with Crippen LogP contribution in [0.2, 0.25) is 0 Å². The molecule has 1 aromatic rings. The van der Waals surface area contributed by atoms with Gasteiger partial charge in [0.1, 0.15) is 5.69 Å². The first-order chi connectivity index (χ1) is 16.1. The summed E-state index contributed by atoms with van der Waals surface area (Å²) in [6.45, 7) is 4.70. The number of anilines is 1. The number of allylic oxidation sites excluding steroid dienone is 2. The van der Waals surface area contributed by atoms with Crippen molar-refractivity contribution in [3.8, 4) is 0 Å². The molecule has 182 valence electrons. The monoisotopic (exact) mass is 468 g/mol. The van der Waals surface area contributed by atoms with Crippen molar-refractivity contribution in [1.82, 2.24) is 0 Å². The number of nitrogens with zero attached hydrogens (tertiary/aromatic N) is 3. The number of hydrogen-bond acceptors (Lipinski definition) is 7. The van der Waals surface area contributed by atoms with Gasteiger partial charge in [-0.1, -0.05) is 19.4 Å². The van der Waals surface area contributed by atoms with E-state index in [0.29, 0.717) is 17.8 Å². The molecule has 0 bridgehead atoms. The summed E-state index contributed by atoms with van der Waals surface area (Å²) in [4.78, 5) is 21.1. The maximum atomic E-state index is 11.4. The van der Waals surface area contributed by atoms with E-state index in [1.165, 1.54) is 17.7 Å². The number of fused-ring (bicyclic) bond motifs is 5. The smallest absolute Gasteiger partial charge is 0.301 e. The first-order valence-electron chi connectivity index (χ1n) is 12.3. The van der Waals surface area contributed by atoms with Crippen molar-refractivity contribution in [3.05, 3.63) is 50.1 Å². The highest BCUT2D eigenvalue weighted by Crippen LogP contribution is 2.65. The maximum Gasteiger partial charge on any atom is 0.301 e. The molecule has 3 fully saturated rings. The van der Waals surface area contributed by atoms with Crippen molar-refractivity contribution >= 4 is 22.8 Å². The van der Waals surface area contributed by atoms with Crippen molar-refractivity contribution in [1.29, 1.82) is 0 Å². The molecule has 5 rings (SSSR count). The summed E-state index contributed by atoms with van der Waals surface area (Å²) in [5, 5.41) is 37.5. The van der Waals surface area contributed by atoms with E-state index in [0.717, 1.165) is 63.1 Å². The number of aliphatic hydroxyl groups is 1. The molecule has 0 radical (unpaired) electrons. The Balaban J connectivity index is 1.36. The van der Waals surface area contributed by atoms with Gasteiger partial charge in [-0.25, -0.2) is 0 Å². The third-order valence-electron chi connectivity index (χ3n) is 9.64. The second-order valence-corrected chi connectivity index (χ2v) is 11.1. The zero-order valence-electron chi connectivity index (χ0n) is 19.7. The molecule has 0 saturated heterocycles. The maximum absolute atomic E-state index is 11.4. The number of nitro groups is 2. The van der Waals surface area contributed by atoms with Gasteiger partial charge in [-0.2, -0.15) is 5.10 Å². The molecule has 9 heteroatoms. The standard InChI is InChI=1S/C25H32N4O5/c1-24-11-9-16(26-27-21-7-4-17(28(31)32)14-22(21)29(33)34)13-15(24)3-5-18-19-6-8-23(30)25(19,2)12-10-20(18)24/h4,7,13-14,18-20,23,27,30H,3,5-6,8-12H2,1-2H3. The van der Waals surface area contributed by atoms with Crippen LogP contribution in [-0.4, -0.2) is 26.8 Å². The minimum atomic E-state index is -0.647. The van der Waals surface area contributed by atoms with E-state index in [2.05, 4.69) is 30.5 Å². The van der Waals surface area contributed by atoms with Gasteiger partial charge < -0.3 is 5.11 Å². The van der Waals surface area contributed by atoms with Crippen molar-refractivity contribution in [2.24, 2.45) is 33.7 Å². The zero-order valence-corrected chi connectivity index (χ0v) is 19.7. The quantitative estimate of drug-likeness (QED) is 0.437. The van der Waals surface area contributed by atoms with Crippen LogP contribution in [0.25, 0.3) is 0 Å². The lowest BCUT2D eigenvalue weighted by atomic mass is 9.47. The summed E-state index contributed by atoms with van der Waals surface area (Å²) in [6, 6.07) is 3.53. The number of hydrogen-bond donors (Lipinski definition) is 2. The molecule has 3 saturated carbocycles. The lowest BCUT2D eigenvalue weighted by Gasteiger charge is -2.57. The van der Waals surface area contributed by atoms with Gasteiger partial charge in [0.15, 0.2) is 0 Å². The Bertz CT molecular complexity index is 1100. The summed E-state index contributed by atoms with van der Waals surface area (Å²) < 4.78 is 0. The van der Waals surface area contributed by atoms with E-state index in [1.807, 2.05) is 0 Å². The van der Waals surface area contributed by atoms with E-state index >= 15 is 0 Å². The molecule has 0 spiro atoms. The Kier molecular flexibility index (Phi) is 5.50. The van der Waals surface area contributed by atoms with Crippen molar-refractivity contribution in [3.63, 3.8) is 0 Å². The summed E-state index contributed by atoms with van der Waals surface area (Å²) >= 11 is 0. The van der Waals surface area contributed by atoms with Gasteiger partial charge in [0.2, 0.25) is 0 Å². The van der Waals surface area contributed by atoms with Crippen molar-refractivity contribution in [2.45, 2.75) is 71.3 Å². The van der Waals surface area contributed by atoms with E-state index in [1.54, 1.807) is 0 Å². The molecule has 0 aliphatic heterocycles. The van der Waals surface area contributed by atoms with Gasteiger partial charge in [0.05, 0.1) is 27.7 Å². The van der Waals surface area contributed by atoms with Crippen LogP contribution in [0, 0.1) is 48.8 Å². The number of nitro benzene ring substituents is 2. The fourth-order valence-corrected chi connectivity index (χ4v) is 7.64. The van der Waals surface area contributed by atoms with Crippen LogP contribution in [0.4, 0.5) is 17.1 Å². The van der Waals surface area contributed by atoms with Gasteiger partial charge in [-0.15, -0.1) is 0 Å². The minimum Gasteiger partial charge on any atom is -0.393 e. The molecule has 0 aromatic heterocycles. The number of non-ortho nitro benzene ring substituents is 1. The molecule has 1 aromatic carbocycles. The van der Waals surface area contributed by atoms with Gasteiger partial charge in [-0.05, 0) is 92.1 Å². The molecule has 0 heterocycles. The molecule has 9 nitrogen and oxygen atoms in total. The Labute approximate surface area is 198 Å². The van der Waals surface area contributed by atoms with E-state index in [-0.39, 0.29) is 34.0 Å². The Morgan fingerprint density at radius 2 is 1.82 bits per heavy atom.